The first-order valence-electron chi connectivity index (χ1n) is 7.88. The molecule has 2 fully saturated rings. The minimum Gasteiger partial charge on any atom is -0.337 e. The molecule has 1 aromatic rings. The summed E-state index contributed by atoms with van der Waals surface area (Å²) in [7, 11) is 0. The normalized spacial score (nSPS) is 22.8. The molecule has 1 unspecified atom stereocenters. The van der Waals surface area contributed by atoms with Crippen LogP contribution in [0.5, 0.6) is 0 Å². The molecule has 0 bridgehead atoms. The van der Waals surface area contributed by atoms with Gasteiger partial charge in [0.25, 0.3) is 5.91 Å². The van der Waals surface area contributed by atoms with E-state index in [1.165, 1.54) is 0 Å². The summed E-state index contributed by atoms with van der Waals surface area (Å²) in [5.41, 5.74) is 1.42. The van der Waals surface area contributed by atoms with Crippen LogP contribution in [0.3, 0.4) is 0 Å². The molecule has 118 valence electrons. The number of hydrogen-bond donors (Lipinski definition) is 1. The zero-order chi connectivity index (χ0) is 15.5. The number of rotatable bonds is 2. The zero-order valence-corrected chi connectivity index (χ0v) is 12.9. The summed E-state index contributed by atoms with van der Waals surface area (Å²) >= 11 is 0. The summed E-state index contributed by atoms with van der Waals surface area (Å²) in [5.74, 6) is 0.168. The van der Waals surface area contributed by atoms with Crippen molar-refractivity contribution in [2.45, 2.75) is 25.8 Å². The van der Waals surface area contributed by atoms with Crippen LogP contribution in [0.1, 0.15) is 28.9 Å². The van der Waals surface area contributed by atoms with Gasteiger partial charge >= 0.3 is 0 Å². The van der Waals surface area contributed by atoms with Crippen molar-refractivity contribution in [3.05, 3.63) is 29.6 Å². The molecule has 0 spiro atoms. The lowest BCUT2D eigenvalue weighted by Gasteiger charge is -2.41. The molecular formula is C16H22N4O2. The fraction of sp³-hybridized carbons (Fsp3) is 0.562. The molecule has 2 aliphatic rings. The first-order valence-corrected chi connectivity index (χ1v) is 7.88. The third-order valence-electron chi connectivity index (χ3n) is 4.49. The second kappa shape index (κ2) is 6.44. The Morgan fingerprint density at radius 1 is 1.41 bits per heavy atom. The molecule has 2 amide bonds. The van der Waals surface area contributed by atoms with Crippen molar-refractivity contribution >= 4 is 11.8 Å². The van der Waals surface area contributed by atoms with E-state index in [1.54, 1.807) is 12.3 Å². The lowest BCUT2D eigenvalue weighted by Crippen LogP contribution is -2.57. The van der Waals surface area contributed by atoms with Gasteiger partial charge in [0.1, 0.15) is 0 Å². The molecule has 1 N–H and O–H groups in total. The van der Waals surface area contributed by atoms with Crippen molar-refractivity contribution in [2.75, 3.05) is 32.7 Å². The van der Waals surface area contributed by atoms with Crippen molar-refractivity contribution in [1.29, 1.82) is 0 Å². The average molecular weight is 302 g/mol. The van der Waals surface area contributed by atoms with Gasteiger partial charge < -0.3 is 15.1 Å². The number of amides is 2. The van der Waals surface area contributed by atoms with Gasteiger partial charge in [0, 0.05) is 44.1 Å². The molecule has 0 radical (unpaired) electrons. The third-order valence-corrected chi connectivity index (χ3v) is 4.49. The van der Waals surface area contributed by atoms with Crippen LogP contribution >= 0.6 is 0 Å². The number of piperazine rings is 1. The molecular weight excluding hydrogens is 280 g/mol. The Hall–Kier alpha value is -1.95. The van der Waals surface area contributed by atoms with E-state index in [0.29, 0.717) is 18.7 Å². The van der Waals surface area contributed by atoms with Gasteiger partial charge in [-0.25, -0.2) is 0 Å². The van der Waals surface area contributed by atoms with E-state index in [0.717, 1.165) is 38.2 Å². The van der Waals surface area contributed by atoms with Crippen LogP contribution in [0.4, 0.5) is 0 Å². The highest BCUT2D eigenvalue weighted by Gasteiger charge is 2.32. The molecule has 3 heterocycles. The molecule has 0 saturated carbocycles. The molecule has 0 aromatic carbocycles. The Kier molecular flexibility index (Phi) is 4.38. The van der Waals surface area contributed by atoms with Gasteiger partial charge in [-0.3, -0.25) is 14.6 Å². The molecule has 2 saturated heterocycles. The van der Waals surface area contributed by atoms with Crippen LogP contribution in [0, 0.1) is 6.92 Å². The number of aryl methyl sites for hydroxylation is 1. The fourth-order valence-corrected chi connectivity index (χ4v) is 3.28. The lowest BCUT2D eigenvalue weighted by atomic mass is 10.0. The highest BCUT2D eigenvalue weighted by Crippen LogP contribution is 2.19. The van der Waals surface area contributed by atoms with E-state index in [2.05, 4.69) is 10.3 Å². The van der Waals surface area contributed by atoms with Gasteiger partial charge in [-0.1, -0.05) is 0 Å². The molecule has 2 aliphatic heterocycles. The molecule has 22 heavy (non-hydrogen) atoms. The summed E-state index contributed by atoms with van der Waals surface area (Å²) in [6.07, 6.45) is 3.61. The van der Waals surface area contributed by atoms with Gasteiger partial charge in [0.2, 0.25) is 5.91 Å². The molecule has 1 atom stereocenters. The highest BCUT2D eigenvalue weighted by atomic mass is 16.2. The molecule has 1 aromatic heterocycles. The van der Waals surface area contributed by atoms with Crippen LogP contribution in [0.15, 0.2) is 18.3 Å². The van der Waals surface area contributed by atoms with E-state index in [4.69, 9.17) is 0 Å². The van der Waals surface area contributed by atoms with E-state index in [1.807, 2.05) is 22.8 Å². The first-order chi connectivity index (χ1) is 10.7. The maximum Gasteiger partial charge on any atom is 0.255 e. The van der Waals surface area contributed by atoms with Crippen LogP contribution in [-0.4, -0.2) is 65.4 Å². The summed E-state index contributed by atoms with van der Waals surface area (Å²) in [6, 6.07) is 3.76. The van der Waals surface area contributed by atoms with E-state index < -0.39 is 0 Å². The number of nitrogens with one attached hydrogen (secondary N) is 1. The van der Waals surface area contributed by atoms with E-state index in [9.17, 15) is 9.59 Å². The van der Waals surface area contributed by atoms with Crippen LogP contribution < -0.4 is 5.32 Å². The molecule has 6 nitrogen and oxygen atoms in total. The largest absolute Gasteiger partial charge is 0.337 e. The lowest BCUT2D eigenvalue weighted by molar-refractivity contribution is -0.135. The highest BCUT2D eigenvalue weighted by molar-refractivity contribution is 5.95. The Morgan fingerprint density at radius 2 is 2.27 bits per heavy atom. The Morgan fingerprint density at radius 3 is 3.05 bits per heavy atom. The second-order valence-electron chi connectivity index (χ2n) is 5.95. The number of carbonyl (C=O) groups excluding carboxylic acids is 2. The van der Waals surface area contributed by atoms with Crippen molar-refractivity contribution in [1.82, 2.24) is 20.1 Å². The molecule has 3 rings (SSSR count). The SMILES string of the molecule is Cc1ncccc1C(=O)N1CCCC(N2CCNCC2=O)C1. The summed E-state index contributed by atoms with van der Waals surface area (Å²) in [4.78, 5) is 32.7. The van der Waals surface area contributed by atoms with Crippen molar-refractivity contribution < 1.29 is 9.59 Å². The summed E-state index contributed by atoms with van der Waals surface area (Å²) in [5, 5.41) is 3.09. The number of hydrogen-bond acceptors (Lipinski definition) is 4. The predicted octanol–water partition coefficient (Wildman–Crippen LogP) is 0.426. The van der Waals surface area contributed by atoms with Gasteiger partial charge in [0.05, 0.1) is 12.1 Å². The first kappa shape index (κ1) is 15.0. The smallest absolute Gasteiger partial charge is 0.255 e. The minimum absolute atomic E-state index is 0.0258. The van der Waals surface area contributed by atoms with Gasteiger partial charge in [-0.15, -0.1) is 0 Å². The number of carbonyl (C=O) groups is 2. The maximum absolute atomic E-state index is 12.7. The Bertz CT molecular complexity index is 575. The maximum atomic E-state index is 12.7. The number of piperidine rings is 1. The van der Waals surface area contributed by atoms with Gasteiger partial charge in [0.15, 0.2) is 0 Å². The zero-order valence-electron chi connectivity index (χ0n) is 12.9. The van der Waals surface area contributed by atoms with Gasteiger partial charge in [-0.05, 0) is 31.9 Å². The number of aromatic nitrogens is 1. The van der Waals surface area contributed by atoms with Crippen LogP contribution in [0.2, 0.25) is 0 Å². The predicted molar refractivity (Wildman–Crippen MR) is 82.5 cm³/mol. The van der Waals surface area contributed by atoms with Gasteiger partial charge in [-0.2, -0.15) is 0 Å². The van der Waals surface area contributed by atoms with E-state index >= 15 is 0 Å². The standard InChI is InChI=1S/C16H22N4O2/c1-12-14(5-2-6-18-12)16(22)19-8-3-4-13(11-19)20-9-7-17-10-15(20)21/h2,5-6,13,17H,3-4,7-11H2,1H3. The van der Waals surface area contributed by atoms with Crippen LogP contribution in [-0.2, 0) is 4.79 Å². The number of pyridine rings is 1. The number of likely N-dealkylation sites (tertiary alicyclic amines) is 1. The molecule has 0 aliphatic carbocycles. The van der Waals surface area contributed by atoms with E-state index in [-0.39, 0.29) is 17.9 Å². The Balaban J connectivity index is 1.71. The van der Waals surface area contributed by atoms with Crippen molar-refractivity contribution in [3.8, 4) is 0 Å². The second-order valence-corrected chi connectivity index (χ2v) is 5.95. The van der Waals surface area contributed by atoms with Crippen LogP contribution in [0.25, 0.3) is 0 Å². The monoisotopic (exact) mass is 302 g/mol. The topological polar surface area (TPSA) is 65.5 Å². The average Bonchev–Trinajstić information content (AvgIpc) is 2.55. The van der Waals surface area contributed by atoms with Crippen molar-refractivity contribution in [3.63, 3.8) is 0 Å². The fourth-order valence-electron chi connectivity index (χ4n) is 3.28. The molecule has 6 heteroatoms. The quantitative estimate of drug-likeness (QED) is 0.860. The van der Waals surface area contributed by atoms with Crippen molar-refractivity contribution in [2.24, 2.45) is 0 Å². The summed E-state index contributed by atoms with van der Waals surface area (Å²) < 4.78 is 0. The number of nitrogens with zero attached hydrogens (tertiary/aromatic N) is 3. The summed E-state index contributed by atoms with van der Waals surface area (Å²) in [6.45, 7) is 5.21. The minimum atomic E-state index is 0.0258. The third kappa shape index (κ3) is 2.97. The Labute approximate surface area is 130 Å².